The lowest BCUT2D eigenvalue weighted by atomic mass is 10.1. The van der Waals surface area contributed by atoms with Crippen molar-refractivity contribution in [2.75, 3.05) is 52.9 Å². The number of aliphatic imine (C=N–C) groups is 2. The highest BCUT2D eigenvalue weighted by Crippen LogP contribution is 2.26. The third-order valence-electron chi connectivity index (χ3n) is 10.9. The molecule has 2 aliphatic heterocycles. The zero-order valence-corrected chi connectivity index (χ0v) is 35.9. The zero-order chi connectivity index (χ0) is 41.1. The average Bonchev–Trinajstić information content (AvgIpc) is 4.24. The van der Waals surface area contributed by atoms with E-state index in [0.717, 1.165) is 124 Å². The summed E-state index contributed by atoms with van der Waals surface area (Å²) in [7, 11) is 0. The first-order chi connectivity index (χ1) is 29.8. The van der Waals surface area contributed by atoms with Gasteiger partial charge in [0.15, 0.2) is 0 Å². The number of benzene rings is 4. The molecule has 4 aromatic rings. The maximum atomic E-state index is 5.98. The summed E-state index contributed by atoms with van der Waals surface area (Å²) in [4.78, 5) is 9.39. The molecule has 2 atom stereocenters. The van der Waals surface area contributed by atoms with E-state index in [1.807, 2.05) is 36.7 Å². The van der Waals surface area contributed by atoms with E-state index in [4.69, 9.17) is 38.4 Å². The maximum Gasteiger partial charge on any atom is 0.119 e. The fourth-order valence-corrected chi connectivity index (χ4v) is 6.95. The molecule has 60 heavy (non-hydrogen) atoms. The molecular weight excluding hydrogens is 749 g/mol. The van der Waals surface area contributed by atoms with Gasteiger partial charge >= 0.3 is 0 Å². The number of nitrogens with zero attached hydrogens (tertiary/aromatic N) is 2. The van der Waals surface area contributed by atoms with Crippen LogP contribution in [0.25, 0.3) is 11.1 Å². The summed E-state index contributed by atoms with van der Waals surface area (Å²) < 4.78 is 33.5. The molecule has 2 fully saturated rings. The van der Waals surface area contributed by atoms with Crippen LogP contribution in [-0.4, -0.2) is 77.5 Å². The summed E-state index contributed by atoms with van der Waals surface area (Å²) in [6.07, 6.45) is 24.5. The highest BCUT2D eigenvalue weighted by Gasteiger charge is 2.22. The van der Waals surface area contributed by atoms with E-state index < -0.39 is 0 Å². The Labute approximate surface area is 359 Å². The van der Waals surface area contributed by atoms with Crippen molar-refractivity contribution in [2.45, 2.75) is 115 Å². The van der Waals surface area contributed by atoms with Crippen molar-refractivity contribution in [1.82, 2.24) is 0 Å². The third kappa shape index (κ3) is 19.4. The van der Waals surface area contributed by atoms with Crippen molar-refractivity contribution in [3.05, 3.63) is 108 Å². The van der Waals surface area contributed by atoms with Crippen LogP contribution in [0.4, 0.5) is 11.4 Å². The van der Waals surface area contributed by atoms with Gasteiger partial charge in [-0.3, -0.25) is 9.98 Å². The summed E-state index contributed by atoms with van der Waals surface area (Å²) in [5, 5.41) is 0. The van der Waals surface area contributed by atoms with Crippen molar-refractivity contribution in [2.24, 2.45) is 9.98 Å². The molecule has 0 N–H and O–H groups in total. The van der Waals surface area contributed by atoms with Gasteiger partial charge in [0.1, 0.15) is 23.7 Å². The topological polar surface area (TPSA) is 86.7 Å². The highest BCUT2D eigenvalue weighted by atomic mass is 16.6. The smallest absolute Gasteiger partial charge is 0.119 e. The molecule has 0 spiro atoms. The second kappa shape index (κ2) is 27.5. The van der Waals surface area contributed by atoms with Gasteiger partial charge in [-0.05, 0) is 121 Å². The van der Waals surface area contributed by atoms with Crippen LogP contribution in [-0.2, 0) is 18.9 Å². The van der Waals surface area contributed by atoms with E-state index in [2.05, 4.69) is 72.8 Å². The summed E-state index contributed by atoms with van der Waals surface area (Å²) in [6.45, 7) is 6.59. The Kier molecular flexibility index (Phi) is 20.7. The van der Waals surface area contributed by atoms with Gasteiger partial charge in [-0.15, -0.1) is 0 Å². The lowest BCUT2D eigenvalue weighted by molar-refractivity contribution is 0.113. The molecule has 0 radical (unpaired) electrons. The van der Waals surface area contributed by atoms with Gasteiger partial charge in [-0.2, -0.15) is 0 Å². The van der Waals surface area contributed by atoms with Crippen molar-refractivity contribution in [3.8, 4) is 22.6 Å². The van der Waals surface area contributed by atoms with Gasteiger partial charge < -0.3 is 28.4 Å². The lowest BCUT2D eigenvalue weighted by Crippen LogP contribution is -2.02. The molecule has 0 saturated carbocycles. The zero-order valence-electron chi connectivity index (χ0n) is 35.9. The molecule has 322 valence electrons. The minimum absolute atomic E-state index is 0.381. The summed E-state index contributed by atoms with van der Waals surface area (Å²) >= 11 is 0. The van der Waals surface area contributed by atoms with Crippen LogP contribution in [0, 0.1) is 0 Å². The Hall–Kier alpha value is -4.34. The fourth-order valence-electron chi connectivity index (χ4n) is 6.95. The van der Waals surface area contributed by atoms with E-state index in [9.17, 15) is 0 Å². The number of unbranched alkanes of at least 4 members (excludes halogenated alkanes) is 14. The molecule has 2 saturated heterocycles. The average molecular weight is 817 g/mol. The monoisotopic (exact) mass is 817 g/mol. The molecule has 4 aromatic carbocycles. The first-order valence-corrected chi connectivity index (χ1v) is 22.9. The van der Waals surface area contributed by atoms with E-state index in [-0.39, 0.29) is 0 Å². The predicted octanol–water partition coefficient (Wildman–Crippen LogP) is 12.7. The standard InChI is InChI=1S/C52H68N2O6/c1(5-9-13-33-55-39-51-41-59-51)3-7-11-15-35-57-49-29-17-43(18-30-49)37-53-47-25-21-45(22-26-47)46-23-27-48(28-24-46)54-38-44-19-31-50(32-20-44)58-36-16-12-8-4-2-6-10-14-34-56-40-52-42-60-52/h17-32,37-38,51-52H,1-16,33-36,39-42H2. The number of hydrogen-bond acceptors (Lipinski definition) is 8. The van der Waals surface area contributed by atoms with Crippen molar-refractivity contribution in [1.29, 1.82) is 0 Å². The largest absolute Gasteiger partial charge is 0.494 e. The van der Waals surface area contributed by atoms with Gasteiger partial charge in [-0.25, -0.2) is 0 Å². The second-order valence-electron chi connectivity index (χ2n) is 16.2. The Morgan fingerprint density at radius 1 is 0.400 bits per heavy atom. The molecule has 6 rings (SSSR count). The molecule has 0 aromatic heterocycles. The van der Waals surface area contributed by atoms with Crippen LogP contribution >= 0.6 is 0 Å². The maximum absolute atomic E-state index is 5.98. The number of hydrogen-bond donors (Lipinski definition) is 0. The molecule has 8 heteroatoms. The first kappa shape index (κ1) is 45.2. The first-order valence-electron chi connectivity index (χ1n) is 22.9. The number of epoxide rings is 2. The van der Waals surface area contributed by atoms with Crippen LogP contribution < -0.4 is 9.47 Å². The minimum atomic E-state index is 0.381. The fraction of sp³-hybridized carbons (Fsp3) is 0.500. The van der Waals surface area contributed by atoms with Crippen LogP contribution in [0.2, 0.25) is 0 Å². The van der Waals surface area contributed by atoms with E-state index >= 15 is 0 Å². The van der Waals surface area contributed by atoms with Crippen LogP contribution in [0.1, 0.15) is 114 Å². The van der Waals surface area contributed by atoms with Crippen LogP contribution in [0.3, 0.4) is 0 Å². The Balaban J connectivity index is 0.782. The van der Waals surface area contributed by atoms with Gasteiger partial charge in [0.25, 0.3) is 0 Å². The van der Waals surface area contributed by atoms with E-state index in [0.29, 0.717) is 12.2 Å². The SMILES string of the molecule is C(=Nc1ccc(-c2ccc(N=Cc3ccc(OCCCCCCCCCCOCC4CO4)cc3)cc2)cc1)c1ccc(OCCCCCCCCCCOCC2CO2)cc1. The molecule has 0 bridgehead atoms. The Bertz CT molecular complexity index is 1630. The Morgan fingerprint density at radius 3 is 1.05 bits per heavy atom. The van der Waals surface area contributed by atoms with Gasteiger partial charge in [0, 0.05) is 25.6 Å². The van der Waals surface area contributed by atoms with E-state index in [1.165, 1.54) is 77.0 Å². The van der Waals surface area contributed by atoms with Gasteiger partial charge in [0.2, 0.25) is 0 Å². The second-order valence-corrected chi connectivity index (χ2v) is 16.2. The molecule has 2 heterocycles. The number of ether oxygens (including phenoxy) is 6. The Morgan fingerprint density at radius 2 is 0.717 bits per heavy atom. The summed E-state index contributed by atoms with van der Waals surface area (Å²) in [6, 6.07) is 33.0. The normalized spacial score (nSPS) is 15.9. The quantitative estimate of drug-likeness (QED) is 0.0270. The minimum Gasteiger partial charge on any atom is -0.494 e. The van der Waals surface area contributed by atoms with Crippen molar-refractivity contribution in [3.63, 3.8) is 0 Å². The van der Waals surface area contributed by atoms with Crippen molar-refractivity contribution >= 4 is 23.8 Å². The lowest BCUT2D eigenvalue weighted by Gasteiger charge is -2.07. The summed E-state index contributed by atoms with van der Waals surface area (Å²) in [5.41, 5.74) is 6.22. The number of rotatable bonds is 33. The molecule has 0 aliphatic carbocycles. The van der Waals surface area contributed by atoms with Gasteiger partial charge in [-0.1, -0.05) is 101 Å². The van der Waals surface area contributed by atoms with Crippen LogP contribution in [0.15, 0.2) is 107 Å². The van der Waals surface area contributed by atoms with Gasteiger partial charge in [0.05, 0.1) is 51.0 Å². The molecule has 8 nitrogen and oxygen atoms in total. The summed E-state index contributed by atoms with van der Waals surface area (Å²) in [5.74, 6) is 1.82. The molecular formula is C52H68N2O6. The van der Waals surface area contributed by atoms with E-state index in [1.54, 1.807) is 0 Å². The molecule has 0 amide bonds. The molecule has 2 unspecified atom stereocenters. The van der Waals surface area contributed by atoms with Crippen molar-refractivity contribution < 1.29 is 28.4 Å². The van der Waals surface area contributed by atoms with Crippen LogP contribution in [0.5, 0.6) is 11.5 Å². The molecule has 2 aliphatic rings. The third-order valence-corrected chi connectivity index (χ3v) is 10.9. The highest BCUT2D eigenvalue weighted by molar-refractivity contribution is 5.83. The predicted molar refractivity (Wildman–Crippen MR) is 245 cm³/mol.